The van der Waals surface area contributed by atoms with E-state index < -0.39 is 18.8 Å². The van der Waals surface area contributed by atoms with E-state index in [0.29, 0.717) is 53.9 Å². The van der Waals surface area contributed by atoms with Gasteiger partial charge in [-0.15, -0.1) is 0 Å². The molecule has 15 heteroatoms. The number of hydrogen-bond donors (Lipinski definition) is 3. The van der Waals surface area contributed by atoms with Crippen LogP contribution in [0.5, 0.6) is 11.5 Å². The second-order valence-corrected chi connectivity index (χ2v) is 19.8. The normalized spacial score (nSPS) is 12.6. The summed E-state index contributed by atoms with van der Waals surface area (Å²) in [6.45, 7) is 9.76. The Morgan fingerprint density at radius 3 is 1.45 bits per heavy atom. The maximum Gasteiger partial charge on any atom is 0.328 e. The molecule has 0 bridgehead atoms. The third-order valence-corrected chi connectivity index (χ3v) is 12.7. The van der Waals surface area contributed by atoms with E-state index in [1.165, 1.54) is 19.3 Å². The number of fused-ring (bicyclic) bond motifs is 2. The highest BCUT2D eigenvalue weighted by Crippen LogP contribution is 2.49. The SMILES string of the molecule is CC(C)(CCOc1ccc(-c2cn(-c3ccccc3)c3nc[nH]c(=O)c23)cc1)OP(C)(=O)OCc1ccccc1.CC(C)(O)CCOc1ccc(-c2cn(-c3ccccc3)c3nc[nH]c(=O)c23)cc1. The van der Waals surface area contributed by atoms with Gasteiger partial charge in [0.2, 0.25) is 0 Å². The Kier molecular flexibility index (Phi) is 14.6. The van der Waals surface area contributed by atoms with Gasteiger partial charge in [-0.05, 0) is 92.9 Å². The summed E-state index contributed by atoms with van der Waals surface area (Å²) in [7, 11) is -3.27. The highest BCUT2D eigenvalue weighted by atomic mass is 31.2. The average Bonchev–Trinajstić information content (AvgIpc) is 3.93. The topological polar surface area (TPSA) is 176 Å². The molecule has 0 spiro atoms. The fourth-order valence-electron chi connectivity index (χ4n) is 7.73. The van der Waals surface area contributed by atoms with Crippen molar-refractivity contribution in [1.29, 1.82) is 0 Å². The number of H-pyrrole nitrogens is 2. The van der Waals surface area contributed by atoms with Crippen molar-refractivity contribution < 1.29 is 28.2 Å². The smallest absolute Gasteiger partial charge is 0.328 e. The van der Waals surface area contributed by atoms with Crippen LogP contribution in [0.1, 0.15) is 46.1 Å². The molecular weight excluding hydrogens is 892 g/mol. The monoisotopic (exact) mass is 946 g/mol. The fourth-order valence-corrected chi connectivity index (χ4v) is 9.16. The Morgan fingerprint density at radius 2 is 1.01 bits per heavy atom. The van der Waals surface area contributed by atoms with E-state index in [9.17, 15) is 19.3 Å². The summed E-state index contributed by atoms with van der Waals surface area (Å²) < 4.78 is 39.9. The highest BCUT2D eigenvalue weighted by molar-refractivity contribution is 7.53. The molecule has 4 aromatic heterocycles. The van der Waals surface area contributed by atoms with Gasteiger partial charge in [0.15, 0.2) is 11.3 Å². The Hall–Kier alpha value is -7.35. The molecule has 0 aliphatic carbocycles. The molecule has 354 valence electrons. The minimum atomic E-state index is -3.27. The van der Waals surface area contributed by atoms with E-state index in [2.05, 4.69) is 19.9 Å². The highest BCUT2D eigenvalue weighted by Gasteiger charge is 2.30. The molecule has 0 fully saturated rings. The summed E-state index contributed by atoms with van der Waals surface area (Å²) in [4.78, 5) is 39.5. The molecule has 4 heterocycles. The van der Waals surface area contributed by atoms with E-state index in [-0.39, 0.29) is 17.7 Å². The third-order valence-electron chi connectivity index (χ3n) is 11.3. The lowest BCUT2D eigenvalue weighted by Gasteiger charge is -2.28. The zero-order chi connectivity index (χ0) is 48.6. The van der Waals surface area contributed by atoms with Crippen molar-refractivity contribution in [3.05, 3.63) is 191 Å². The van der Waals surface area contributed by atoms with Gasteiger partial charge in [0.05, 0.1) is 54.4 Å². The van der Waals surface area contributed by atoms with Crippen LogP contribution >= 0.6 is 7.60 Å². The summed E-state index contributed by atoms with van der Waals surface area (Å²) in [5, 5.41) is 10.9. The van der Waals surface area contributed by atoms with Gasteiger partial charge >= 0.3 is 7.60 Å². The van der Waals surface area contributed by atoms with Crippen LogP contribution < -0.4 is 20.6 Å². The Labute approximate surface area is 399 Å². The quantitative estimate of drug-likeness (QED) is 0.0745. The van der Waals surface area contributed by atoms with Crippen molar-refractivity contribution in [2.45, 2.75) is 58.3 Å². The van der Waals surface area contributed by atoms with Crippen LogP contribution in [0, 0.1) is 0 Å². The number of benzene rings is 5. The molecule has 3 N–H and O–H groups in total. The van der Waals surface area contributed by atoms with Crippen LogP contribution in [-0.2, 0) is 20.2 Å². The number of aromatic nitrogens is 6. The number of ether oxygens (including phenoxy) is 2. The van der Waals surface area contributed by atoms with Gasteiger partial charge in [0.1, 0.15) is 11.5 Å². The summed E-state index contributed by atoms with van der Waals surface area (Å²) in [5.41, 5.74) is 5.51. The van der Waals surface area contributed by atoms with E-state index in [1.54, 1.807) is 13.8 Å². The second kappa shape index (κ2) is 20.9. The first-order chi connectivity index (χ1) is 33.1. The van der Waals surface area contributed by atoms with Crippen LogP contribution in [0.15, 0.2) is 174 Å². The molecule has 0 aliphatic heterocycles. The van der Waals surface area contributed by atoms with Crippen LogP contribution in [-0.4, -0.2) is 65.3 Å². The number of nitrogens with zero attached hydrogens (tertiary/aromatic N) is 4. The molecule has 0 amide bonds. The maximum atomic E-state index is 12.9. The molecule has 0 saturated heterocycles. The first kappa shape index (κ1) is 48.1. The van der Waals surface area contributed by atoms with Crippen LogP contribution in [0.2, 0.25) is 0 Å². The number of nitrogens with one attached hydrogen (secondary N) is 2. The number of hydrogen-bond acceptors (Lipinski definition) is 10. The van der Waals surface area contributed by atoms with E-state index in [1.807, 2.05) is 175 Å². The molecule has 14 nitrogen and oxygen atoms in total. The summed E-state index contributed by atoms with van der Waals surface area (Å²) in [6.07, 6.45) is 7.76. The molecule has 9 rings (SSSR count). The summed E-state index contributed by atoms with van der Waals surface area (Å²) in [6, 6.07) is 44.4. The molecule has 1 unspecified atom stereocenters. The largest absolute Gasteiger partial charge is 0.493 e. The van der Waals surface area contributed by atoms with E-state index >= 15 is 0 Å². The Balaban J connectivity index is 0.000000196. The van der Waals surface area contributed by atoms with Crippen molar-refractivity contribution in [3.8, 4) is 45.1 Å². The van der Waals surface area contributed by atoms with Crippen molar-refractivity contribution in [2.24, 2.45) is 0 Å². The zero-order valence-corrected chi connectivity index (χ0v) is 40.1. The lowest BCUT2D eigenvalue weighted by molar-refractivity contribution is 0.0550. The molecule has 5 aromatic carbocycles. The van der Waals surface area contributed by atoms with Gasteiger partial charge in [-0.25, -0.2) is 9.97 Å². The first-order valence-corrected chi connectivity index (χ1v) is 24.6. The molecule has 9 aromatic rings. The summed E-state index contributed by atoms with van der Waals surface area (Å²) in [5.74, 6) is 1.40. The molecule has 69 heavy (non-hydrogen) atoms. The summed E-state index contributed by atoms with van der Waals surface area (Å²) >= 11 is 0. The standard InChI is InChI=1S/C31H32N3O5P.C23H23N3O3/c1-31(2,39-40(3,36)38-21-23-10-6-4-7-11-23)18-19-37-26-16-14-24(15-17-26)27-20-34(25-12-8-5-9-13-25)29-28(27)30(35)33-22-32-29;1-23(2,28)12-13-29-18-10-8-16(9-11-18)19-14-26(17-6-4-3-5-7-17)21-20(19)22(27)25-15-24-21/h4-17,20,22H,18-19,21H2,1-3H3,(H,32,33,35);3-11,14-15,28H,12-13H2,1-2H3,(H,24,25,27). The van der Waals surface area contributed by atoms with Gasteiger partial charge < -0.3 is 42.7 Å². The third kappa shape index (κ3) is 12.2. The van der Waals surface area contributed by atoms with Crippen molar-refractivity contribution in [3.63, 3.8) is 0 Å². The second-order valence-electron chi connectivity index (χ2n) is 17.8. The molecular formula is C54H55N6O8P. The lowest BCUT2D eigenvalue weighted by Crippen LogP contribution is -2.26. The molecule has 0 radical (unpaired) electrons. The van der Waals surface area contributed by atoms with Gasteiger partial charge in [-0.2, -0.15) is 0 Å². The number of aliphatic hydroxyl groups is 1. The molecule has 0 saturated carbocycles. The number of para-hydroxylation sites is 2. The van der Waals surface area contributed by atoms with Gasteiger partial charge in [-0.3, -0.25) is 14.2 Å². The van der Waals surface area contributed by atoms with Crippen molar-refractivity contribution in [1.82, 2.24) is 29.1 Å². The molecule has 1 atom stereocenters. The minimum absolute atomic E-state index is 0.176. The molecule has 0 aliphatic rings. The van der Waals surface area contributed by atoms with Gasteiger partial charge in [-0.1, -0.05) is 91.0 Å². The fraction of sp³-hybridized carbons (Fsp3) is 0.222. The minimum Gasteiger partial charge on any atom is -0.493 e. The van der Waals surface area contributed by atoms with Crippen molar-refractivity contribution >= 4 is 29.7 Å². The van der Waals surface area contributed by atoms with E-state index in [4.69, 9.17) is 18.5 Å². The average molecular weight is 947 g/mol. The lowest BCUT2D eigenvalue weighted by atomic mass is 10.1. The Morgan fingerprint density at radius 1 is 0.594 bits per heavy atom. The van der Waals surface area contributed by atoms with E-state index in [0.717, 1.165) is 44.9 Å². The predicted molar refractivity (Wildman–Crippen MR) is 271 cm³/mol. The van der Waals surface area contributed by atoms with Crippen LogP contribution in [0.4, 0.5) is 0 Å². The van der Waals surface area contributed by atoms with Crippen LogP contribution in [0.25, 0.3) is 55.7 Å². The van der Waals surface area contributed by atoms with Crippen LogP contribution in [0.3, 0.4) is 0 Å². The van der Waals surface area contributed by atoms with Gasteiger partial charge in [0, 0.05) is 54.4 Å². The van der Waals surface area contributed by atoms with Gasteiger partial charge in [0.25, 0.3) is 11.1 Å². The zero-order valence-electron chi connectivity index (χ0n) is 39.2. The maximum absolute atomic E-state index is 12.9. The number of aromatic amines is 2. The van der Waals surface area contributed by atoms with Crippen molar-refractivity contribution in [2.75, 3.05) is 19.9 Å². The Bertz CT molecular complexity index is 3290. The predicted octanol–water partition coefficient (Wildman–Crippen LogP) is 10.9. The first-order valence-electron chi connectivity index (χ1n) is 22.6. The number of rotatable bonds is 17.